The molecule has 2 rings (SSSR count). The molecule has 0 aromatic heterocycles. The Morgan fingerprint density at radius 1 is 1.10 bits per heavy atom. The number of hydrogen-bond donors (Lipinski definition) is 2. The molecule has 0 saturated carbocycles. The SMILES string of the molecule is Nc1ccc(COc2cccc(O)c2)cc1C(F)(F)F. The van der Waals surface area contributed by atoms with Crippen LogP contribution >= 0.6 is 0 Å². The number of alkyl halides is 3. The Hall–Kier alpha value is -2.37. The van der Waals surface area contributed by atoms with Gasteiger partial charge in [-0.05, 0) is 29.8 Å². The average Bonchev–Trinajstić information content (AvgIpc) is 2.36. The molecule has 0 aliphatic heterocycles. The van der Waals surface area contributed by atoms with E-state index in [1.54, 1.807) is 12.1 Å². The maximum Gasteiger partial charge on any atom is 0.418 e. The molecule has 0 bridgehead atoms. The van der Waals surface area contributed by atoms with E-state index in [1.165, 1.54) is 24.3 Å². The van der Waals surface area contributed by atoms with Gasteiger partial charge in [-0.15, -0.1) is 0 Å². The summed E-state index contributed by atoms with van der Waals surface area (Å²) >= 11 is 0. The molecule has 6 heteroatoms. The third-order valence-corrected chi connectivity index (χ3v) is 2.65. The van der Waals surface area contributed by atoms with Gasteiger partial charge >= 0.3 is 6.18 Å². The highest BCUT2D eigenvalue weighted by Gasteiger charge is 2.33. The van der Waals surface area contributed by atoms with Crippen molar-refractivity contribution < 1.29 is 23.0 Å². The van der Waals surface area contributed by atoms with E-state index in [9.17, 15) is 18.3 Å². The maximum atomic E-state index is 12.7. The molecule has 0 aliphatic rings. The van der Waals surface area contributed by atoms with E-state index < -0.39 is 11.7 Å². The number of phenolic OH excluding ortho intramolecular Hbond substituents is 1. The van der Waals surface area contributed by atoms with Crippen molar-refractivity contribution in [2.45, 2.75) is 12.8 Å². The van der Waals surface area contributed by atoms with Crippen LogP contribution in [0, 0.1) is 0 Å². The van der Waals surface area contributed by atoms with E-state index in [0.29, 0.717) is 11.3 Å². The van der Waals surface area contributed by atoms with Gasteiger partial charge in [0.05, 0.1) is 5.56 Å². The van der Waals surface area contributed by atoms with Crippen LogP contribution in [0.1, 0.15) is 11.1 Å². The van der Waals surface area contributed by atoms with Crippen LogP contribution in [0.4, 0.5) is 18.9 Å². The van der Waals surface area contributed by atoms with Crippen molar-refractivity contribution in [3.63, 3.8) is 0 Å². The van der Waals surface area contributed by atoms with Crippen molar-refractivity contribution in [1.29, 1.82) is 0 Å². The zero-order valence-electron chi connectivity index (χ0n) is 10.3. The normalized spacial score (nSPS) is 11.3. The molecule has 3 N–H and O–H groups in total. The first-order valence-electron chi connectivity index (χ1n) is 5.73. The lowest BCUT2D eigenvalue weighted by molar-refractivity contribution is -0.137. The lowest BCUT2D eigenvalue weighted by Gasteiger charge is -2.12. The van der Waals surface area contributed by atoms with Crippen LogP contribution in [0.3, 0.4) is 0 Å². The maximum absolute atomic E-state index is 12.7. The van der Waals surface area contributed by atoms with Gasteiger partial charge in [-0.1, -0.05) is 12.1 Å². The van der Waals surface area contributed by atoms with Crippen molar-refractivity contribution in [2.75, 3.05) is 5.73 Å². The molecule has 0 saturated heterocycles. The Bertz CT molecular complexity index is 612. The monoisotopic (exact) mass is 283 g/mol. The number of aromatic hydroxyl groups is 1. The third-order valence-electron chi connectivity index (χ3n) is 2.65. The Balaban J connectivity index is 2.14. The summed E-state index contributed by atoms with van der Waals surface area (Å²) in [5, 5.41) is 9.25. The molecule has 0 heterocycles. The molecule has 0 fully saturated rings. The zero-order valence-corrected chi connectivity index (χ0v) is 10.3. The molecule has 0 spiro atoms. The van der Waals surface area contributed by atoms with Gasteiger partial charge in [-0.3, -0.25) is 0 Å². The van der Waals surface area contributed by atoms with Gasteiger partial charge < -0.3 is 15.6 Å². The summed E-state index contributed by atoms with van der Waals surface area (Å²) in [6.45, 7) is -0.0488. The topological polar surface area (TPSA) is 55.5 Å². The average molecular weight is 283 g/mol. The van der Waals surface area contributed by atoms with Crippen molar-refractivity contribution in [2.24, 2.45) is 0 Å². The number of nitrogen functional groups attached to an aromatic ring is 1. The quantitative estimate of drug-likeness (QED) is 0.847. The van der Waals surface area contributed by atoms with Crippen LogP contribution < -0.4 is 10.5 Å². The highest BCUT2D eigenvalue weighted by Crippen LogP contribution is 2.34. The summed E-state index contributed by atoms with van der Waals surface area (Å²) in [4.78, 5) is 0. The Morgan fingerprint density at radius 2 is 1.85 bits per heavy atom. The first kappa shape index (κ1) is 14.0. The third kappa shape index (κ3) is 3.34. The Labute approximate surface area is 113 Å². The summed E-state index contributed by atoms with van der Waals surface area (Å²) in [7, 11) is 0. The Kier molecular flexibility index (Phi) is 3.74. The minimum absolute atomic E-state index is 0.0239. The fraction of sp³-hybridized carbons (Fsp3) is 0.143. The number of halogens is 3. The highest BCUT2D eigenvalue weighted by atomic mass is 19.4. The standard InChI is InChI=1S/C14H12F3NO2/c15-14(16,17)12-6-9(4-5-13(12)18)8-20-11-3-1-2-10(19)7-11/h1-7,19H,8,18H2. The molecule has 3 nitrogen and oxygen atoms in total. The van der Waals surface area contributed by atoms with Crippen LogP contribution in [-0.4, -0.2) is 5.11 Å². The second-order valence-electron chi connectivity index (χ2n) is 4.21. The van der Waals surface area contributed by atoms with Crippen LogP contribution in [-0.2, 0) is 12.8 Å². The molecule has 20 heavy (non-hydrogen) atoms. The van der Waals surface area contributed by atoms with Gasteiger partial charge in [0, 0.05) is 11.8 Å². The molecule has 0 aliphatic carbocycles. The predicted octanol–water partition coefficient (Wildman–Crippen LogP) is 3.57. The van der Waals surface area contributed by atoms with Gasteiger partial charge in [-0.2, -0.15) is 13.2 Å². The predicted molar refractivity (Wildman–Crippen MR) is 68.3 cm³/mol. The molecule has 0 radical (unpaired) electrons. The number of phenols is 1. The first-order chi connectivity index (χ1) is 9.36. The number of hydrogen-bond acceptors (Lipinski definition) is 3. The van der Waals surface area contributed by atoms with E-state index in [1.807, 2.05) is 0 Å². The van der Waals surface area contributed by atoms with Crippen molar-refractivity contribution in [3.05, 3.63) is 53.6 Å². The summed E-state index contributed by atoms with van der Waals surface area (Å²) < 4.78 is 43.4. The zero-order chi connectivity index (χ0) is 14.8. The van der Waals surface area contributed by atoms with Crippen molar-refractivity contribution >= 4 is 5.69 Å². The summed E-state index contributed by atoms with van der Waals surface area (Å²) in [6, 6.07) is 9.64. The smallest absolute Gasteiger partial charge is 0.418 e. The van der Waals surface area contributed by atoms with Crippen LogP contribution in [0.5, 0.6) is 11.5 Å². The Morgan fingerprint density at radius 3 is 2.50 bits per heavy atom. The fourth-order valence-corrected chi connectivity index (χ4v) is 1.68. The van der Waals surface area contributed by atoms with Gasteiger partial charge in [0.1, 0.15) is 18.1 Å². The molecule has 0 unspecified atom stereocenters. The summed E-state index contributed by atoms with van der Waals surface area (Å²) in [6.07, 6.45) is -4.49. The second-order valence-corrected chi connectivity index (χ2v) is 4.21. The highest BCUT2D eigenvalue weighted by molar-refractivity contribution is 5.50. The first-order valence-corrected chi connectivity index (χ1v) is 5.73. The summed E-state index contributed by atoms with van der Waals surface area (Å²) in [5.74, 6) is 0.395. The second kappa shape index (κ2) is 5.32. The van der Waals surface area contributed by atoms with E-state index in [-0.39, 0.29) is 18.0 Å². The molecule has 106 valence electrons. The number of benzene rings is 2. The fourth-order valence-electron chi connectivity index (χ4n) is 1.68. The summed E-state index contributed by atoms with van der Waals surface area (Å²) in [5.41, 5.74) is 4.45. The van der Waals surface area contributed by atoms with E-state index >= 15 is 0 Å². The number of nitrogens with two attached hydrogens (primary N) is 1. The van der Waals surface area contributed by atoms with Crippen LogP contribution in [0.2, 0.25) is 0 Å². The van der Waals surface area contributed by atoms with Crippen LogP contribution in [0.15, 0.2) is 42.5 Å². The lowest BCUT2D eigenvalue weighted by atomic mass is 10.1. The van der Waals surface area contributed by atoms with Crippen molar-refractivity contribution in [1.82, 2.24) is 0 Å². The minimum atomic E-state index is -4.49. The molecular formula is C14H12F3NO2. The molecule has 2 aromatic rings. The van der Waals surface area contributed by atoms with Gasteiger partial charge in [0.25, 0.3) is 0 Å². The molecular weight excluding hydrogens is 271 g/mol. The molecule has 0 amide bonds. The van der Waals surface area contributed by atoms with E-state index in [2.05, 4.69) is 0 Å². The van der Waals surface area contributed by atoms with Gasteiger partial charge in [-0.25, -0.2) is 0 Å². The van der Waals surface area contributed by atoms with Gasteiger partial charge in [0.15, 0.2) is 0 Å². The minimum Gasteiger partial charge on any atom is -0.508 e. The van der Waals surface area contributed by atoms with E-state index in [4.69, 9.17) is 10.5 Å². The molecule has 2 aromatic carbocycles. The number of ether oxygens (including phenoxy) is 1. The van der Waals surface area contributed by atoms with Crippen molar-refractivity contribution in [3.8, 4) is 11.5 Å². The van der Waals surface area contributed by atoms with Gasteiger partial charge in [0.2, 0.25) is 0 Å². The largest absolute Gasteiger partial charge is 0.508 e. The molecule has 0 atom stereocenters. The number of rotatable bonds is 3. The lowest BCUT2D eigenvalue weighted by Crippen LogP contribution is -2.10. The number of anilines is 1. The van der Waals surface area contributed by atoms with Crippen LogP contribution in [0.25, 0.3) is 0 Å². The van der Waals surface area contributed by atoms with E-state index in [0.717, 1.165) is 6.07 Å².